The van der Waals surface area contributed by atoms with Crippen LogP contribution in [0, 0.1) is 0 Å². The zero-order valence-electron chi connectivity index (χ0n) is 15.1. The van der Waals surface area contributed by atoms with Gasteiger partial charge in [-0.15, -0.1) is 11.3 Å². The molecule has 0 aliphatic heterocycles. The summed E-state index contributed by atoms with van der Waals surface area (Å²) in [4.78, 5) is 16.7. The molecule has 1 aromatic heterocycles. The number of nitrogens with one attached hydrogen (secondary N) is 1. The number of aromatic hydroxyl groups is 1. The number of phenols is 1. The Labute approximate surface area is 161 Å². The van der Waals surface area contributed by atoms with Gasteiger partial charge in [0.05, 0.1) is 32.9 Å². The van der Waals surface area contributed by atoms with Gasteiger partial charge in [-0.05, 0) is 42.0 Å². The molecule has 0 radical (unpaired) electrons. The Hall–Kier alpha value is -3.06. The van der Waals surface area contributed by atoms with E-state index in [1.807, 2.05) is 23.6 Å². The summed E-state index contributed by atoms with van der Waals surface area (Å²) in [6.07, 6.45) is 0.247. The van der Waals surface area contributed by atoms with Crippen LogP contribution in [0.4, 0.5) is 0 Å². The number of methoxy groups -OCH3 is 2. The lowest BCUT2D eigenvalue weighted by atomic mass is 10.1. The molecule has 0 aliphatic rings. The van der Waals surface area contributed by atoms with Crippen molar-refractivity contribution in [2.24, 2.45) is 0 Å². The number of benzene rings is 2. The first-order chi connectivity index (χ1) is 13.1. The number of carbonyl (C=O) groups excluding carboxylic acids is 1. The van der Waals surface area contributed by atoms with Gasteiger partial charge in [0.1, 0.15) is 10.8 Å². The van der Waals surface area contributed by atoms with Crippen LogP contribution < -0.4 is 14.8 Å². The predicted octanol–water partition coefficient (Wildman–Crippen LogP) is 3.39. The summed E-state index contributed by atoms with van der Waals surface area (Å²) in [6.45, 7) is 0.370. The highest BCUT2D eigenvalue weighted by Gasteiger charge is 2.10. The van der Waals surface area contributed by atoms with Crippen molar-refractivity contribution in [3.8, 4) is 28.5 Å². The second-order valence-electron chi connectivity index (χ2n) is 5.82. The van der Waals surface area contributed by atoms with Crippen molar-refractivity contribution in [3.05, 3.63) is 58.4 Å². The van der Waals surface area contributed by atoms with Crippen molar-refractivity contribution in [2.45, 2.75) is 13.0 Å². The van der Waals surface area contributed by atoms with Crippen LogP contribution in [-0.2, 0) is 17.8 Å². The number of aromatic nitrogens is 1. The first-order valence-corrected chi connectivity index (χ1v) is 9.18. The van der Waals surface area contributed by atoms with Crippen LogP contribution in [0.5, 0.6) is 17.2 Å². The van der Waals surface area contributed by atoms with Gasteiger partial charge in [-0.2, -0.15) is 0 Å². The zero-order valence-corrected chi connectivity index (χ0v) is 15.9. The molecule has 1 heterocycles. The fourth-order valence-electron chi connectivity index (χ4n) is 2.57. The largest absolute Gasteiger partial charge is 0.508 e. The van der Waals surface area contributed by atoms with Gasteiger partial charge >= 0.3 is 0 Å². The molecule has 7 heteroatoms. The Kier molecular flexibility index (Phi) is 5.93. The number of amides is 1. The average Bonchev–Trinajstić information content (AvgIpc) is 3.16. The Morgan fingerprint density at radius 2 is 1.85 bits per heavy atom. The lowest BCUT2D eigenvalue weighted by molar-refractivity contribution is -0.120. The third-order valence-electron chi connectivity index (χ3n) is 3.96. The molecule has 0 atom stereocenters. The molecular formula is C20H20N2O4S. The van der Waals surface area contributed by atoms with Crippen LogP contribution in [-0.4, -0.2) is 30.2 Å². The summed E-state index contributed by atoms with van der Waals surface area (Å²) in [5.41, 5.74) is 2.59. The predicted molar refractivity (Wildman–Crippen MR) is 104 cm³/mol. The highest BCUT2D eigenvalue weighted by Crippen LogP contribution is 2.28. The number of carbonyl (C=O) groups is 1. The zero-order chi connectivity index (χ0) is 19.2. The molecule has 0 fully saturated rings. The second kappa shape index (κ2) is 8.55. The molecule has 3 aromatic rings. The van der Waals surface area contributed by atoms with E-state index in [0.717, 1.165) is 21.8 Å². The van der Waals surface area contributed by atoms with E-state index in [4.69, 9.17) is 9.47 Å². The average molecular weight is 384 g/mol. The van der Waals surface area contributed by atoms with Gasteiger partial charge in [-0.3, -0.25) is 4.79 Å². The summed E-state index contributed by atoms with van der Waals surface area (Å²) in [6, 6.07) is 12.3. The maximum absolute atomic E-state index is 12.2. The topological polar surface area (TPSA) is 80.7 Å². The fraction of sp³-hybridized carbons (Fsp3) is 0.200. The van der Waals surface area contributed by atoms with Crippen LogP contribution in [0.1, 0.15) is 10.6 Å². The Bertz CT molecular complexity index is 922. The van der Waals surface area contributed by atoms with E-state index in [1.165, 1.54) is 11.3 Å². The van der Waals surface area contributed by atoms with Crippen molar-refractivity contribution in [2.75, 3.05) is 14.2 Å². The first kappa shape index (κ1) is 18.7. The molecule has 140 valence electrons. The minimum Gasteiger partial charge on any atom is -0.508 e. The number of thiazole rings is 1. The highest BCUT2D eigenvalue weighted by atomic mass is 32.1. The van der Waals surface area contributed by atoms with Crippen LogP contribution in [0.25, 0.3) is 11.3 Å². The van der Waals surface area contributed by atoms with Crippen LogP contribution in [0.15, 0.2) is 47.8 Å². The molecule has 0 aliphatic carbocycles. The third-order valence-corrected chi connectivity index (χ3v) is 4.81. The van der Waals surface area contributed by atoms with Gasteiger partial charge in [0.25, 0.3) is 0 Å². The molecule has 0 bridgehead atoms. The lowest BCUT2D eigenvalue weighted by Gasteiger charge is -2.09. The summed E-state index contributed by atoms with van der Waals surface area (Å²) in [5, 5.41) is 15.0. The lowest BCUT2D eigenvalue weighted by Crippen LogP contribution is -2.24. The Morgan fingerprint density at radius 3 is 2.56 bits per heavy atom. The van der Waals surface area contributed by atoms with Crippen LogP contribution >= 0.6 is 11.3 Å². The van der Waals surface area contributed by atoms with Gasteiger partial charge in [-0.25, -0.2) is 4.98 Å². The van der Waals surface area contributed by atoms with Crippen molar-refractivity contribution >= 4 is 17.2 Å². The van der Waals surface area contributed by atoms with Gasteiger partial charge < -0.3 is 19.9 Å². The van der Waals surface area contributed by atoms with E-state index in [-0.39, 0.29) is 18.1 Å². The molecule has 0 unspecified atom stereocenters. The smallest absolute Gasteiger partial charge is 0.224 e. The number of nitrogens with zero attached hydrogens (tertiary/aromatic N) is 1. The second-order valence-corrected chi connectivity index (χ2v) is 6.76. The molecule has 0 saturated heterocycles. The molecular weight excluding hydrogens is 364 g/mol. The number of phenolic OH excluding ortho intramolecular Hbond substituents is 1. The van der Waals surface area contributed by atoms with Crippen LogP contribution in [0.3, 0.4) is 0 Å². The SMILES string of the molecule is COc1ccc(CC(=O)NCc2nc(-c3ccc(O)cc3)cs2)cc1OC. The van der Waals surface area contributed by atoms with Gasteiger partial charge in [0.15, 0.2) is 11.5 Å². The quantitative estimate of drug-likeness (QED) is 0.653. The number of hydrogen-bond donors (Lipinski definition) is 2. The van der Waals surface area contributed by atoms with Crippen molar-refractivity contribution in [1.82, 2.24) is 10.3 Å². The highest BCUT2D eigenvalue weighted by molar-refractivity contribution is 7.09. The Morgan fingerprint density at radius 1 is 1.11 bits per heavy atom. The Balaban J connectivity index is 1.57. The van der Waals surface area contributed by atoms with E-state index < -0.39 is 0 Å². The monoisotopic (exact) mass is 384 g/mol. The van der Waals surface area contributed by atoms with E-state index in [9.17, 15) is 9.90 Å². The van der Waals surface area contributed by atoms with Crippen LogP contribution in [0.2, 0.25) is 0 Å². The summed E-state index contributed by atoms with van der Waals surface area (Å²) in [7, 11) is 3.14. The minimum absolute atomic E-state index is 0.0939. The molecule has 6 nitrogen and oxygen atoms in total. The summed E-state index contributed by atoms with van der Waals surface area (Å²) >= 11 is 1.48. The minimum atomic E-state index is -0.0939. The van der Waals surface area contributed by atoms with Crippen molar-refractivity contribution in [1.29, 1.82) is 0 Å². The number of ether oxygens (including phenoxy) is 2. The third kappa shape index (κ3) is 4.77. The van der Waals surface area contributed by atoms with Gasteiger partial charge in [0.2, 0.25) is 5.91 Å². The first-order valence-electron chi connectivity index (χ1n) is 8.30. The maximum Gasteiger partial charge on any atom is 0.224 e. The molecule has 27 heavy (non-hydrogen) atoms. The van der Waals surface area contributed by atoms with Crippen molar-refractivity contribution in [3.63, 3.8) is 0 Å². The van der Waals surface area contributed by atoms with Gasteiger partial charge in [0, 0.05) is 10.9 Å². The van der Waals surface area contributed by atoms with Gasteiger partial charge in [-0.1, -0.05) is 6.07 Å². The fourth-order valence-corrected chi connectivity index (χ4v) is 3.31. The van der Waals surface area contributed by atoms with E-state index in [2.05, 4.69) is 10.3 Å². The van der Waals surface area contributed by atoms with Crippen molar-refractivity contribution < 1.29 is 19.4 Å². The standard InChI is InChI=1S/C20H20N2O4S/c1-25-17-8-3-13(9-18(17)26-2)10-19(24)21-11-20-22-16(12-27-20)14-4-6-15(23)7-5-14/h3-9,12,23H,10-11H2,1-2H3,(H,21,24). The summed E-state index contributed by atoms with van der Waals surface area (Å²) in [5.74, 6) is 1.35. The molecule has 0 saturated carbocycles. The number of rotatable bonds is 7. The van der Waals surface area contributed by atoms with E-state index in [0.29, 0.717) is 18.0 Å². The molecule has 2 N–H and O–H groups in total. The molecule has 2 aromatic carbocycles. The molecule has 0 spiro atoms. The van der Waals surface area contributed by atoms with E-state index in [1.54, 1.807) is 38.5 Å². The summed E-state index contributed by atoms with van der Waals surface area (Å²) < 4.78 is 10.5. The number of hydrogen-bond acceptors (Lipinski definition) is 6. The molecule has 1 amide bonds. The molecule has 3 rings (SSSR count). The van der Waals surface area contributed by atoms with E-state index >= 15 is 0 Å². The normalized spacial score (nSPS) is 10.4. The maximum atomic E-state index is 12.2.